The Morgan fingerprint density at radius 2 is 1.65 bits per heavy atom. The van der Waals surface area contributed by atoms with Crippen LogP contribution in [0.5, 0.6) is 11.8 Å². The van der Waals surface area contributed by atoms with Crippen LogP contribution in [0.4, 0.5) is 0 Å². The summed E-state index contributed by atoms with van der Waals surface area (Å²) in [6.07, 6.45) is 1.92. The maximum atomic E-state index is 11.8. The lowest BCUT2D eigenvalue weighted by Gasteiger charge is -2.32. The highest BCUT2D eigenvalue weighted by atomic mass is 16.7. The van der Waals surface area contributed by atoms with Gasteiger partial charge in [-0.05, 0) is 23.7 Å². The molecule has 0 spiro atoms. The van der Waals surface area contributed by atoms with Crippen molar-refractivity contribution < 1.29 is 19.8 Å². The first-order valence-corrected chi connectivity index (χ1v) is 6.81. The first kappa shape index (κ1) is 16.4. The number of nitrogens with zero attached hydrogens (tertiary/aromatic N) is 1. The summed E-state index contributed by atoms with van der Waals surface area (Å²) in [5.41, 5.74) is 0.225. The van der Waals surface area contributed by atoms with E-state index in [0.29, 0.717) is 6.42 Å². The predicted molar refractivity (Wildman–Crippen MR) is 76.4 cm³/mol. The smallest absolute Gasteiger partial charge is 0.333 e. The molecule has 0 aliphatic heterocycles. The van der Waals surface area contributed by atoms with Crippen LogP contribution in [0.25, 0.3) is 0 Å². The van der Waals surface area contributed by atoms with Gasteiger partial charge in [0.05, 0.1) is 0 Å². The molecule has 1 heterocycles. The fraction of sp³-hybridized carbons (Fsp3) is 0.667. The number of hydrogen-bond donors (Lipinski definition) is 2. The van der Waals surface area contributed by atoms with Gasteiger partial charge >= 0.3 is 5.97 Å². The van der Waals surface area contributed by atoms with Crippen LogP contribution in [0.3, 0.4) is 0 Å². The molecule has 20 heavy (non-hydrogen) atoms. The summed E-state index contributed by atoms with van der Waals surface area (Å²) in [4.78, 5) is 16.7. The van der Waals surface area contributed by atoms with Crippen molar-refractivity contribution in [3.63, 3.8) is 0 Å². The van der Waals surface area contributed by atoms with E-state index < -0.39 is 5.97 Å². The summed E-state index contributed by atoms with van der Waals surface area (Å²) >= 11 is 0. The molecular weight excluding hydrogens is 258 g/mol. The molecular formula is C15H25NO4. The summed E-state index contributed by atoms with van der Waals surface area (Å²) in [6.45, 7) is 10.8. The van der Waals surface area contributed by atoms with Gasteiger partial charge < -0.3 is 15.1 Å². The Hall–Kier alpha value is -1.65. The van der Waals surface area contributed by atoms with E-state index >= 15 is 0 Å². The first-order valence-electron chi connectivity index (χ1n) is 6.81. The van der Waals surface area contributed by atoms with E-state index in [9.17, 15) is 15.0 Å². The van der Waals surface area contributed by atoms with Gasteiger partial charge in [0.25, 0.3) is 0 Å². The zero-order chi connectivity index (χ0) is 15.6. The second-order valence-electron chi connectivity index (χ2n) is 7.21. The molecule has 0 aromatic carbocycles. The van der Waals surface area contributed by atoms with Crippen LogP contribution in [-0.4, -0.2) is 20.9 Å². The third-order valence-electron chi connectivity index (χ3n) is 3.01. The van der Waals surface area contributed by atoms with Crippen LogP contribution in [0, 0.1) is 10.8 Å². The van der Waals surface area contributed by atoms with Gasteiger partial charge in [-0.15, -0.1) is 4.73 Å². The molecule has 0 bridgehead atoms. The van der Waals surface area contributed by atoms with Gasteiger partial charge in [0.1, 0.15) is 0 Å². The average molecular weight is 283 g/mol. The number of rotatable bonds is 5. The van der Waals surface area contributed by atoms with Gasteiger partial charge in [-0.3, -0.25) is 0 Å². The monoisotopic (exact) mass is 283 g/mol. The molecule has 1 rings (SSSR count). The van der Waals surface area contributed by atoms with Crippen molar-refractivity contribution in [3.8, 4) is 11.8 Å². The number of hydrogen-bond acceptors (Lipinski definition) is 4. The summed E-state index contributed by atoms with van der Waals surface area (Å²) in [5.74, 6) is -1.08. The molecule has 0 atom stereocenters. The standard InChI is InChI=1S/C15H25NO4/c1-14(2,3)10-15(4,5)9-8-13(19)20-16-11(17)6-7-12(16)18/h6-7,17-18H,8-10H2,1-5H3. The van der Waals surface area contributed by atoms with Crippen molar-refractivity contribution in [3.05, 3.63) is 12.1 Å². The van der Waals surface area contributed by atoms with Crippen molar-refractivity contribution in [2.24, 2.45) is 10.8 Å². The number of aromatic nitrogens is 1. The Morgan fingerprint density at radius 1 is 1.15 bits per heavy atom. The maximum Gasteiger partial charge on any atom is 0.333 e. The van der Waals surface area contributed by atoms with Crippen molar-refractivity contribution >= 4 is 5.97 Å². The Balaban J connectivity index is 2.52. The highest BCUT2D eigenvalue weighted by Gasteiger charge is 2.26. The highest BCUT2D eigenvalue weighted by molar-refractivity contribution is 5.70. The molecule has 2 N–H and O–H groups in total. The normalized spacial score (nSPS) is 12.4. The maximum absolute atomic E-state index is 11.8. The molecule has 114 valence electrons. The van der Waals surface area contributed by atoms with Crippen LogP contribution in [-0.2, 0) is 4.79 Å². The zero-order valence-corrected chi connectivity index (χ0v) is 12.9. The molecule has 1 aromatic rings. The first-order chi connectivity index (χ1) is 9.00. The van der Waals surface area contributed by atoms with E-state index in [1.807, 2.05) is 0 Å². The van der Waals surface area contributed by atoms with Crippen molar-refractivity contribution in [2.45, 2.75) is 53.9 Å². The van der Waals surface area contributed by atoms with Gasteiger partial charge in [0.15, 0.2) is 0 Å². The second-order valence-corrected chi connectivity index (χ2v) is 7.21. The molecule has 1 aromatic heterocycles. The quantitative estimate of drug-likeness (QED) is 0.871. The van der Waals surface area contributed by atoms with E-state index in [1.54, 1.807) is 0 Å². The van der Waals surface area contributed by atoms with Crippen LogP contribution in [0.1, 0.15) is 53.9 Å². The fourth-order valence-electron chi connectivity index (χ4n) is 2.61. The Kier molecular flexibility index (Phi) is 4.73. The molecule has 0 radical (unpaired) electrons. The highest BCUT2D eigenvalue weighted by Crippen LogP contribution is 2.36. The van der Waals surface area contributed by atoms with Crippen LogP contribution >= 0.6 is 0 Å². The largest absolute Gasteiger partial charge is 0.492 e. The molecule has 0 unspecified atom stereocenters. The topological polar surface area (TPSA) is 71.7 Å². The third kappa shape index (κ3) is 5.15. The summed E-state index contributed by atoms with van der Waals surface area (Å²) in [7, 11) is 0. The minimum Gasteiger partial charge on any atom is -0.492 e. The number of carbonyl (C=O) groups is 1. The lowest BCUT2D eigenvalue weighted by molar-refractivity contribution is -0.146. The van der Waals surface area contributed by atoms with Crippen molar-refractivity contribution in [2.75, 3.05) is 0 Å². The lowest BCUT2D eigenvalue weighted by Crippen LogP contribution is -2.24. The van der Waals surface area contributed by atoms with E-state index in [0.717, 1.165) is 11.2 Å². The molecule has 0 saturated carbocycles. The third-order valence-corrected chi connectivity index (χ3v) is 3.01. The van der Waals surface area contributed by atoms with Crippen LogP contribution in [0.2, 0.25) is 0 Å². The molecule has 5 heteroatoms. The molecule has 5 nitrogen and oxygen atoms in total. The summed E-state index contributed by atoms with van der Waals surface area (Å²) in [5, 5.41) is 18.8. The summed E-state index contributed by atoms with van der Waals surface area (Å²) in [6, 6.07) is 2.51. The number of carbonyl (C=O) groups excluding carboxylic acids is 1. The Labute approximate surface area is 120 Å². The van der Waals surface area contributed by atoms with Crippen molar-refractivity contribution in [1.29, 1.82) is 0 Å². The van der Waals surface area contributed by atoms with E-state index in [4.69, 9.17) is 4.84 Å². The van der Waals surface area contributed by atoms with Crippen molar-refractivity contribution in [1.82, 2.24) is 4.73 Å². The summed E-state index contributed by atoms with van der Waals surface area (Å²) < 4.78 is 0.721. The van der Waals surface area contributed by atoms with Crippen LogP contribution in [0.15, 0.2) is 12.1 Å². The van der Waals surface area contributed by atoms with Gasteiger partial charge in [-0.1, -0.05) is 34.6 Å². The average Bonchev–Trinajstić information content (AvgIpc) is 2.55. The van der Waals surface area contributed by atoms with Crippen LogP contribution < -0.4 is 4.84 Å². The Bertz CT molecular complexity index is 449. The SMILES string of the molecule is CC(C)(C)CC(C)(C)CCC(=O)On1c(O)ccc1O. The minimum absolute atomic E-state index is 0.0258. The van der Waals surface area contributed by atoms with Gasteiger partial charge in [0, 0.05) is 18.6 Å². The lowest BCUT2D eigenvalue weighted by atomic mass is 9.74. The molecule has 0 aliphatic rings. The minimum atomic E-state index is -0.478. The van der Waals surface area contributed by atoms with E-state index in [-0.39, 0.29) is 29.0 Å². The van der Waals surface area contributed by atoms with Gasteiger partial charge in [-0.25, -0.2) is 4.79 Å². The fourth-order valence-corrected chi connectivity index (χ4v) is 2.61. The number of aromatic hydroxyl groups is 2. The molecule has 0 amide bonds. The second kappa shape index (κ2) is 5.77. The zero-order valence-electron chi connectivity index (χ0n) is 12.9. The Morgan fingerprint density at radius 3 is 2.10 bits per heavy atom. The van der Waals surface area contributed by atoms with Gasteiger partial charge in [0.2, 0.25) is 11.8 Å². The molecule has 0 fully saturated rings. The molecule has 0 saturated heterocycles. The van der Waals surface area contributed by atoms with E-state index in [1.165, 1.54) is 12.1 Å². The van der Waals surface area contributed by atoms with E-state index in [2.05, 4.69) is 34.6 Å². The molecule has 0 aliphatic carbocycles. The van der Waals surface area contributed by atoms with Gasteiger partial charge in [-0.2, -0.15) is 0 Å². The predicted octanol–water partition coefficient (Wildman–Crippen LogP) is 3.10.